The van der Waals surface area contributed by atoms with Crippen LogP contribution in [0.2, 0.25) is 0 Å². The van der Waals surface area contributed by atoms with Crippen molar-refractivity contribution in [1.29, 1.82) is 0 Å². The van der Waals surface area contributed by atoms with E-state index in [1.165, 1.54) is 0 Å². The summed E-state index contributed by atoms with van der Waals surface area (Å²) < 4.78 is 0. The lowest BCUT2D eigenvalue weighted by Gasteiger charge is -2.10. The van der Waals surface area contributed by atoms with Crippen molar-refractivity contribution in [2.24, 2.45) is 0 Å². The molecule has 1 aliphatic rings. The van der Waals surface area contributed by atoms with Crippen LogP contribution >= 0.6 is 12.4 Å². The molecule has 2 rings (SSSR count). The minimum absolute atomic E-state index is 0. The van der Waals surface area contributed by atoms with Crippen LogP contribution < -0.4 is 10.6 Å². The van der Waals surface area contributed by atoms with Gasteiger partial charge in [0.05, 0.1) is 0 Å². The zero-order valence-corrected chi connectivity index (χ0v) is 9.09. The fraction of sp³-hybridized carbons (Fsp3) is 0.400. The normalized spacial score (nSPS) is 19.3. The Labute approximate surface area is 94.9 Å². The van der Waals surface area contributed by atoms with Crippen molar-refractivity contribution < 1.29 is 4.79 Å². The third-order valence-corrected chi connectivity index (χ3v) is 2.29. The van der Waals surface area contributed by atoms with E-state index >= 15 is 0 Å². The zero-order valence-electron chi connectivity index (χ0n) is 8.27. The molecule has 4 nitrogen and oxygen atoms in total. The molecule has 1 atom stereocenters. The van der Waals surface area contributed by atoms with Gasteiger partial charge in [-0.2, -0.15) is 0 Å². The Morgan fingerprint density at radius 2 is 2.40 bits per heavy atom. The second-order valence-electron chi connectivity index (χ2n) is 3.38. The molecule has 0 saturated carbocycles. The molecule has 0 spiro atoms. The van der Waals surface area contributed by atoms with Gasteiger partial charge in [0.1, 0.15) is 5.69 Å². The van der Waals surface area contributed by atoms with Gasteiger partial charge in [-0.05, 0) is 25.1 Å². The first-order valence-corrected chi connectivity index (χ1v) is 4.79. The highest BCUT2D eigenvalue weighted by atomic mass is 35.5. The summed E-state index contributed by atoms with van der Waals surface area (Å²) in [7, 11) is 0. The van der Waals surface area contributed by atoms with E-state index in [2.05, 4.69) is 15.6 Å². The first-order chi connectivity index (χ1) is 6.86. The van der Waals surface area contributed by atoms with Gasteiger partial charge in [-0.25, -0.2) is 0 Å². The largest absolute Gasteiger partial charge is 0.347 e. The Balaban J connectivity index is 0.00000112. The summed E-state index contributed by atoms with van der Waals surface area (Å²) >= 11 is 0. The highest BCUT2D eigenvalue weighted by Crippen LogP contribution is 1.99. The van der Waals surface area contributed by atoms with Gasteiger partial charge in [-0.1, -0.05) is 6.07 Å². The number of carbonyl (C=O) groups is 1. The molecular weight excluding hydrogens is 214 g/mol. The summed E-state index contributed by atoms with van der Waals surface area (Å²) in [6.45, 7) is 1.84. The van der Waals surface area contributed by atoms with Crippen LogP contribution in [0.3, 0.4) is 0 Å². The summed E-state index contributed by atoms with van der Waals surface area (Å²) in [6, 6.07) is 5.59. The molecule has 2 heterocycles. The summed E-state index contributed by atoms with van der Waals surface area (Å²) in [5.74, 6) is -0.0840. The van der Waals surface area contributed by atoms with E-state index in [1.807, 2.05) is 6.07 Å². The molecule has 1 unspecified atom stereocenters. The lowest BCUT2D eigenvalue weighted by molar-refractivity contribution is 0.0935. The Morgan fingerprint density at radius 1 is 1.53 bits per heavy atom. The highest BCUT2D eigenvalue weighted by Gasteiger charge is 2.17. The Morgan fingerprint density at radius 3 is 3.00 bits per heavy atom. The third-order valence-electron chi connectivity index (χ3n) is 2.29. The number of nitrogens with zero attached hydrogens (tertiary/aromatic N) is 1. The van der Waals surface area contributed by atoms with Crippen molar-refractivity contribution in [3.63, 3.8) is 0 Å². The molecule has 0 aliphatic carbocycles. The molecule has 1 amide bonds. The van der Waals surface area contributed by atoms with Crippen LogP contribution in [0, 0.1) is 0 Å². The van der Waals surface area contributed by atoms with Gasteiger partial charge in [-0.15, -0.1) is 12.4 Å². The maximum Gasteiger partial charge on any atom is 0.270 e. The topological polar surface area (TPSA) is 54.0 Å². The van der Waals surface area contributed by atoms with Crippen molar-refractivity contribution in [3.05, 3.63) is 30.1 Å². The van der Waals surface area contributed by atoms with Gasteiger partial charge < -0.3 is 10.6 Å². The summed E-state index contributed by atoms with van der Waals surface area (Å²) in [4.78, 5) is 15.6. The van der Waals surface area contributed by atoms with Gasteiger partial charge in [0.15, 0.2) is 0 Å². The van der Waals surface area contributed by atoms with Crippen LogP contribution in [0.1, 0.15) is 16.9 Å². The molecule has 5 heteroatoms. The second kappa shape index (κ2) is 5.68. The quantitative estimate of drug-likeness (QED) is 0.778. The molecular formula is C10H14ClN3O. The van der Waals surface area contributed by atoms with Crippen LogP contribution in [0.5, 0.6) is 0 Å². The van der Waals surface area contributed by atoms with Gasteiger partial charge in [0.25, 0.3) is 5.91 Å². The van der Waals surface area contributed by atoms with Gasteiger partial charge in [-0.3, -0.25) is 9.78 Å². The number of aromatic nitrogens is 1. The molecule has 1 aliphatic heterocycles. The van der Waals surface area contributed by atoms with Gasteiger partial charge in [0.2, 0.25) is 0 Å². The van der Waals surface area contributed by atoms with Gasteiger partial charge in [0, 0.05) is 18.8 Å². The minimum Gasteiger partial charge on any atom is -0.347 e. The molecule has 0 aromatic carbocycles. The maximum atomic E-state index is 11.6. The number of hydrogen-bond donors (Lipinski definition) is 2. The molecule has 15 heavy (non-hydrogen) atoms. The fourth-order valence-electron chi connectivity index (χ4n) is 1.53. The Hall–Kier alpha value is -1.13. The number of halogens is 1. The lowest BCUT2D eigenvalue weighted by atomic mass is 10.2. The van der Waals surface area contributed by atoms with Crippen molar-refractivity contribution >= 4 is 18.3 Å². The minimum atomic E-state index is -0.0840. The monoisotopic (exact) mass is 227 g/mol. The summed E-state index contributed by atoms with van der Waals surface area (Å²) in [5.41, 5.74) is 0.486. The van der Waals surface area contributed by atoms with Crippen molar-refractivity contribution in [2.45, 2.75) is 12.5 Å². The number of hydrogen-bond acceptors (Lipinski definition) is 3. The van der Waals surface area contributed by atoms with Crippen LogP contribution in [0.25, 0.3) is 0 Å². The van der Waals surface area contributed by atoms with E-state index in [-0.39, 0.29) is 24.4 Å². The molecule has 1 aromatic heterocycles. The average molecular weight is 228 g/mol. The van der Waals surface area contributed by atoms with E-state index in [1.54, 1.807) is 18.3 Å². The standard InChI is InChI=1S/C10H13N3O.ClH/c14-10(9-3-1-2-5-12-9)13-8-4-6-11-7-8;/h1-3,5,8,11H,4,6-7H2,(H,13,14);1H. The molecule has 1 aromatic rings. The van der Waals surface area contributed by atoms with Crippen molar-refractivity contribution in [1.82, 2.24) is 15.6 Å². The number of carbonyl (C=O) groups excluding carboxylic acids is 1. The first kappa shape index (κ1) is 11.9. The SMILES string of the molecule is Cl.O=C(NC1CCNC1)c1ccccn1. The number of amides is 1. The molecule has 0 bridgehead atoms. The van der Waals surface area contributed by atoms with Crippen LogP contribution in [0.15, 0.2) is 24.4 Å². The van der Waals surface area contributed by atoms with E-state index in [4.69, 9.17) is 0 Å². The molecule has 1 saturated heterocycles. The molecule has 2 N–H and O–H groups in total. The van der Waals surface area contributed by atoms with Gasteiger partial charge >= 0.3 is 0 Å². The smallest absolute Gasteiger partial charge is 0.270 e. The first-order valence-electron chi connectivity index (χ1n) is 4.79. The third kappa shape index (κ3) is 3.18. The number of nitrogens with one attached hydrogen (secondary N) is 2. The van der Waals surface area contributed by atoms with E-state index in [9.17, 15) is 4.79 Å². The predicted molar refractivity (Wildman–Crippen MR) is 60.2 cm³/mol. The zero-order chi connectivity index (χ0) is 9.80. The summed E-state index contributed by atoms with van der Waals surface area (Å²) in [5, 5.41) is 6.13. The summed E-state index contributed by atoms with van der Waals surface area (Å²) in [6.07, 6.45) is 2.63. The Bertz CT molecular complexity index is 312. The van der Waals surface area contributed by atoms with E-state index in [0.29, 0.717) is 5.69 Å². The van der Waals surface area contributed by atoms with E-state index in [0.717, 1.165) is 19.5 Å². The molecule has 82 valence electrons. The number of pyridine rings is 1. The Kier molecular flexibility index (Phi) is 4.52. The number of rotatable bonds is 2. The van der Waals surface area contributed by atoms with Crippen molar-refractivity contribution in [3.8, 4) is 0 Å². The van der Waals surface area contributed by atoms with E-state index < -0.39 is 0 Å². The lowest BCUT2D eigenvalue weighted by Crippen LogP contribution is -2.36. The van der Waals surface area contributed by atoms with Crippen molar-refractivity contribution in [2.75, 3.05) is 13.1 Å². The molecule has 1 fully saturated rings. The van der Waals surface area contributed by atoms with Crippen LogP contribution in [-0.4, -0.2) is 30.0 Å². The molecule has 0 radical (unpaired) electrons. The maximum absolute atomic E-state index is 11.6. The second-order valence-corrected chi connectivity index (χ2v) is 3.38. The highest BCUT2D eigenvalue weighted by molar-refractivity contribution is 5.92. The van der Waals surface area contributed by atoms with Crippen LogP contribution in [0.4, 0.5) is 0 Å². The fourth-order valence-corrected chi connectivity index (χ4v) is 1.53. The predicted octanol–water partition coefficient (Wildman–Crippen LogP) is 0.595. The average Bonchev–Trinajstić information content (AvgIpc) is 2.72. The van der Waals surface area contributed by atoms with Crippen LogP contribution in [-0.2, 0) is 0 Å².